The van der Waals surface area contributed by atoms with Crippen molar-refractivity contribution in [2.75, 3.05) is 6.54 Å². The summed E-state index contributed by atoms with van der Waals surface area (Å²) in [4.78, 5) is 0. The number of rotatable bonds is 6. The third-order valence-electron chi connectivity index (χ3n) is 2.62. The first kappa shape index (κ1) is 12.7. The van der Waals surface area contributed by atoms with E-state index in [2.05, 4.69) is 23.4 Å². The maximum absolute atomic E-state index is 9.15. The zero-order chi connectivity index (χ0) is 12.0. The summed E-state index contributed by atoms with van der Waals surface area (Å²) in [6.07, 6.45) is 5.64. The van der Waals surface area contributed by atoms with Crippen LogP contribution in [0.5, 0.6) is 0 Å². The molecule has 0 radical (unpaired) electrons. The summed E-state index contributed by atoms with van der Waals surface area (Å²) in [5.74, 6) is 0. The molecule has 0 amide bonds. The van der Waals surface area contributed by atoms with Crippen molar-refractivity contribution >= 4 is 0 Å². The Balaban J connectivity index is 2.48. The molecule has 0 spiro atoms. The molecule has 0 aliphatic carbocycles. The molecule has 0 aromatic carbocycles. The molecule has 4 nitrogen and oxygen atoms in total. The van der Waals surface area contributed by atoms with Gasteiger partial charge in [0.05, 0.1) is 12.3 Å². The van der Waals surface area contributed by atoms with E-state index in [1.54, 1.807) is 0 Å². The van der Waals surface area contributed by atoms with Gasteiger partial charge in [0.1, 0.15) is 5.54 Å². The fourth-order valence-electron chi connectivity index (χ4n) is 1.51. The van der Waals surface area contributed by atoms with Gasteiger partial charge in [-0.1, -0.05) is 6.92 Å². The van der Waals surface area contributed by atoms with Gasteiger partial charge in [-0.3, -0.25) is 10.00 Å². The van der Waals surface area contributed by atoms with Gasteiger partial charge >= 0.3 is 0 Å². The van der Waals surface area contributed by atoms with Crippen molar-refractivity contribution in [1.82, 2.24) is 15.1 Å². The Morgan fingerprint density at radius 1 is 1.62 bits per heavy atom. The lowest BCUT2D eigenvalue weighted by Crippen LogP contribution is -2.42. The average Bonchev–Trinajstić information content (AvgIpc) is 2.70. The maximum Gasteiger partial charge on any atom is 0.105 e. The smallest absolute Gasteiger partial charge is 0.105 e. The second-order valence-electron chi connectivity index (χ2n) is 4.40. The summed E-state index contributed by atoms with van der Waals surface area (Å²) in [6, 6.07) is 2.34. The Bertz CT molecular complexity index is 363. The largest absolute Gasteiger partial charge is 0.300 e. The molecule has 88 valence electrons. The highest BCUT2D eigenvalue weighted by Gasteiger charge is 2.22. The maximum atomic E-state index is 9.15. The van der Waals surface area contributed by atoms with Gasteiger partial charge in [0.25, 0.3) is 0 Å². The van der Waals surface area contributed by atoms with Crippen molar-refractivity contribution in [2.45, 2.75) is 45.7 Å². The van der Waals surface area contributed by atoms with Crippen molar-refractivity contribution in [1.29, 1.82) is 5.26 Å². The molecule has 0 aliphatic heterocycles. The molecular formula is C12H20N4. The van der Waals surface area contributed by atoms with Gasteiger partial charge in [-0.2, -0.15) is 10.4 Å². The van der Waals surface area contributed by atoms with Crippen LogP contribution in [0.1, 0.15) is 32.3 Å². The molecule has 1 N–H and O–H groups in total. The van der Waals surface area contributed by atoms with E-state index >= 15 is 0 Å². The van der Waals surface area contributed by atoms with E-state index in [1.807, 2.05) is 30.9 Å². The molecule has 1 aromatic rings. The van der Waals surface area contributed by atoms with Crippen LogP contribution in [-0.2, 0) is 6.54 Å². The lowest BCUT2D eigenvalue weighted by Gasteiger charge is -2.22. The Morgan fingerprint density at radius 2 is 2.38 bits per heavy atom. The van der Waals surface area contributed by atoms with Crippen molar-refractivity contribution < 1.29 is 0 Å². The van der Waals surface area contributed by atoms with Crippen molar-refractivity contribution in [3.8, 4) is 6.07 Å². The van der Waals surface area contributed by atoms with E-state index in [4.69, 9.17) is 5.26 Å². The first-order valence-corrected chi connectivity index (χ1v) is 5.75. The summed E-state index contributed by atoms with van der Waals surface area (Å²) in [6.45, 7) is 7.71. The summed E-state index contributed by atoms with van der Waals surface area (Å²) >= 11 is 0. The lowest BCUT2D eigenvalue weighted by molar-refractivity contribution is 0.383. The van der Waals surface area contributed by atoms with E-state index in [9.17, 15) is 0 Å². The summed E-state index contributed by atoms with van der Waals surface area (Å²) in [5.41, 5.74) is 0.704. The fourth-order valence-corrected chi connectivity index (χ4v) is 1.51. The van der Waals surface area contributed by atoms with E-state index < -0.39 is 5.54 Å². The fraction of sp³-hybridized carbons (Fsp3) is 0.667. The average molecular weight is 220 g/mol. The number of hydrogen-bond donors (Lipinski definition) is 1. The molecule has 16 heavy (non-hydrogen) atoms. The predicted octanol–water partition coefficient (Wildman–Crippen LogP) is 1.86. The van der Waals surface area contributed by atoms with Crippen molar-refractivity contribution in [3.05, 3.63) is 18.0 Å². The van der Waals surface area contributed by atoms with Crippen LogP contribution in [0.2, 0.25) is 0 Å². The van der Waals surface area contributed by atoms with E-state index in [1.165, 1.54) is 0 Å². The molecule has 1 unspecified atom stereocenters. The van der Waals surface area contributed by atoms with Crippen LogP contribution in [0.25, 0.3) is 0 Å². The van der Waals surface area contributed by atoms with Gasteiger partial charge in [-0.05, 0) is 38.8 Å². The number of nitrogens with zero attached hydrogens (tertiary/aromatic N) is 3. The number of nitriles is 1. The number of aryl methyl sites for hydroxylation is 2. The summed E-state index contributed by atoms with van der Waals surface area (Å²) < 4.78 is 1.89. The molecule has 0 saturated carbocycles. The standard InChI is InChI=1S/C12H20N4/c1-4-6-14-12(3,10-13)5-7-16-9-11(2)8-15-16/h8-9,14H,4-7H2,1-3H3. The molecule has 0 fully saturated rings. The minimum Gasteiger partial charge on any atom is -0.300 e. The Hall–Kier alpha value is -1.34. The van der Waals surface area contributed by atoms with Crippen LogP contribution >= 0.6 is 0 Å². The lowest BCUT2D eigenvalue weighted by atomic mass is 10.00. The number of nitrogens with one attached hydrogen (secondary N) is 1. The highest BCUT2D eigenvalue weighted by atomic mass is 15.3. The SMILES string of the molecule is CCCNC(C)(C#N)CCn1cc(C)cn1. The second-order valence-corrected chi connectivity index (χ2v) is 4.40. The second kappa shape index (κ2) is 5.66. The van der Waals surface area contributed by atoms with Crippen molar-refractivity contribution in [3.63, 3.8) is 0 Å². The molecule has 1 heterocycles. The van der Waals surface area contributed by atoms with Gasteiger partial charge in [0, 0.05) is 12.7 Å². The van der Waals surface area contributed by atoms with Crippen LogP contribution in [0.4, 0.5) is 0 Å². The van der Waals surface area contributed by atoms with Gasteiger partial charge in [-0.15, -0.1) is 0 Å². The van der Waals surface area contributed by atoms with Crippen molar-refractivity contribution in [2.24, 2.45) is 0 Å². The molecule has 0 saturated heterocycles. The Kier molecular flexibility index (Phi) is 4.51. The monoisotopic (exact) mass is 220 g/mol. The van der Waals surface area contributed by atoms with Gasteiger partial charge in [-0.25, -0.2) is 0 Å². The van der Waals surface area contributed by atoms with Gasteiger partial charge < -0.3 is 0 Å². The number of aromatic nitrogens is 2. The van der Waals surface area contributed by atoms with E-state index in [0.29, 0.717) is 0 Å². The number of hydrogen-bond acceptors (Lipinski definition) is 3. The van der Waals surface area contributed by atoms with E-state index in [0.717, 1.165) is 31.5 Å². The summed E-state index contributed by atoms with van der Waals surface area (Å²) in [5, 5.41) is 16.6. The normalized spacial score (nSPS) is 14.4. The van der Waals surface area contributed by atoms with Crippen LogP contribution in [0.15, 0.2) is 12.4 Å². The van der Waals surface area contributed by atoms with Crippen LogP contribution in [-0.4, -0.2) is 21.9 Å². The highest BCUT2D eigenvalue weighted by molar-refractivity contribution is 5.04. The van der Waals surface area contributed by atoms with Crippen LogP contribution in [0.3, 0.4) is 0 Å². The molecule has 0 aliphatic rings. The minimum atomic E-state index is -0.449. The van der Waals surface area contributed by atoms with Gasteiger partial charge in [0.2, 0.25) is 0 Å². The molecule has 0 bridgehead atoms. The molecule has 1 aromatic heterocycles. The van der Waals surface area contributed by atoms with Crippen LogP contribution < -0.4 is 5.32 Å². The molecule has 1 atom stereocenters. The molecular weight excluding hydrogens is 200 g/mol. The molecule has 1 rings (SSSR count). The third-order valence-corrected chi connectivity index (χ3v) is 2.62. The topological polar surface area (TPSA) is 53.6 Å². The highest BCUT2D eigenvalue weighted by Crippen LogP contribution is 2.10. The Morgan fingerprint density at radius 3 is 2.88 bits per heavy atom. The third kappa shape index (κ3) is 3.67. The predicted molar refractivity (Wildman–Crippen MR) is 63.9 cm³/mol. The zero-order valence-electron chi connectivity index (χ0n) is 10.3. The zero-order valence-corrected chi connectivity index (χ0v) is 10.3. The Labute approximate surface area is 97.3 Å². The first-order valence-electron chi connectivity index (χ1n) is 5.75. The summed E-state index contributed by atoms with van der Waals surface area (Å²) in [7, 11) is 0. The van der Waals surface area contributed by atoms with Crippen LogP contribution in [0, 0.1) is 18.3 Å². The minimum absolute atomic E-state index is 0.449. The van der Waals surface area contributed by atoms with E-state index in [-0.39, 0.29) is 0 Å². The first-order chi connectivity index (χ1) is 7.59. The quantitative estimate of drug-likeness (QED) is 0.796. The molecule has 4 heteroatoms. The van der Waals surface area contributed by atoms with Gasteiger partial charge in [0.15, 0.2) is 0 Å².